The fraction of sp³-hybridized carbons (Fsp3) is 0.406. The van der Waals surface area contributed by atoms with E-state index in [-0.39, 0.29) is 23.6 Å². The van der Waals surface area contributed by atoms with Crippen LogP contribution in [0.1, 0.15) is 41.3 Å². The van der Waals surface area contributed by atoms with E-state index in [2.05, 4.69) is 74.1 Å². The van der Waals surface area contributed by atoms with Crippen LogP contribution < -0.4 is 9.64 Å². The molecule has 0 aliphatic carbocycles. The number of carbonyl (C=O) groups excluding carboxylic acids is 1. The quantitative estimate of drug-likeness (QED) is 0.335. The largest absolute Gasteiger partial charge is 0.497 e. The van der Waals surface area contributed by atoms with Crippen molar-refractivity contribution in [1.29, 1.82) is 0 Å². The number of carbonyl (C=O) groups is 1. The van der Waals surface area contributed by atoms with Gasteiger partial charge >= 0.3 is 0 Å². The molecule has 0 N–H and O–H groups in total. The van der Waals surface area contributed by atoms with E-state index in [1.165, 1.54) is 28.9 Å². The third-order valence-corrected chi connectivity index (χ3v) is 7.32. The summed E-state index contributed by atoms with van der Waals surface area (Å²) >= 11 is 0. The molecule has 5 nitrogen and oxygen atoms in total. The number of halogens is 1. The Labute approximate surface area is 226 Å². The maximum absolute atomic E-state index is 13.5. The number of likely N-dealkylation sites (tertiary alicyclic amines) is 1. The van der Waals surface area contributed by atoms with E-state index in [0.29, 0.717) is 24.6 Å². The van der Waals surface area contributed by atoms with Crippen molar-refractivity contribution in [3.05, 3.63) is 95.3 Å². The first-order valence-corrected chi connectivity index (χ1v) is 13.4. The van der Waals surface area contributed by atoms with Crippen LogP contribution in [0.15, 0.2) is 72.8 Å². The minimum atomic E-state index is -0.333. The van der Waals surface area contributed by atoms with E-state index >= 15 is 0 Å². The maximum atomic E-state index is 13.5. The second-order valence-corrected chi connectivity index (χ2v) is 11.0. The highest BCUT2D eigenvalue weighted by atomic mass is 19.1. The lowest BCUT2D eigenvalue weighted by Gasteiger charge is -2.30. The Morgan fingerprint density at radius 3 is 2.37 bits per heavy atom. The molecule has 1 saturated heterocycles. The topological polar surface area (TPSA) is 36.0 Å². The van der Waals surface area contributed by atoms with Crippen molar-refractivity contribution in [2.75, 3.05) is 52.3 Å². The van der Waals surface area contributed by atoms with Gasteiger partial charge in [-0.15, -0.1) is 0 Å². The Bertz CT molecular complexity index is 1190. The van der Waals surface area contributed by atoms with Crippen LogP contribution in [0.2, 0.25) is 0 Å². The van der Waals surface area contributed by atoms with Gasteiger partial charge in [0.1, 0.15) is 11.6 Å². The van der Waals surface area contributed by atoms with Crippen LogP contribution in [0, 0.1) is 17.7 Å². The minimum Gasteiger partial charge on any atom is -0.497 e. The van der Waals surface area contributed by atoms with Gasteiger partial charge in [0.05, 0.1) is 7.11 Å². The molecule has 1 amide bonds. The number of hydrogen-bond acceptors (Lipinski definition) is 4. The molecule has 2 atom stereocenters. The lowest BCUT2D eigenvalue weighted by molar-refractivity contribution is 0.0703. The van der Waals surface area contributed by atoms with E-state index in [1.54, 1.807) is 19.2 Å². The maximum Gasteiger partial charge on any atom is 0.253 e. The second kappa shape index (κ2) is 12.4. The van der Waals surface area contributed by atoms with Crippen molar-refractivity contribution < 1.29 is 13.9 Å². The second-order valence-electron chi connectivity index (χ2n) is 11.0. The molecule has 0 unspecified atom stereocenters. The zero-order chi connectivity index (χ0) is 27.2. The van der Waals surface area contributed by atoms with Crippen molar-refractivity contribution in [1.82, 2.24) is 9.80 Å². The van der Waals surface area contributed by atoms with Gasteiger partial charge in [0.2, 0.25) is 0 Å². The van der Waals surface area contributed by atoms with Gasteiger partial charge in [-0.1, -0.05) is 38.1 Å². The third kappa shape index (κ3) is 6.93. The molecule has 3 aromatic carbocycles. The SMILES string of the molecule is COc1cccc([C@H]2CN(Cc3ccc(N(C)C)cc3)C[C@H]2CN(CC(C)C)C(=O)c2ccc(F)cc2)c1. The fourth-order valence-electron chi connectivity index (χ4n) is 5.42. The van der Waals surface area contributed by atoms with E-state index in [4.69, 9.17) is 4.74 Å². The normalized spacial score (nSPS) is 17.6. The highest BCUT2D eigenvalue weighted by Crippen LogP contribution is 2.36. The highest BCUT2D eigenvalue weighted by Gasteiger charge is 2.36. The van der Waals surface area contributed by atoms with Crippen LogP contribution in [0.4, 0.5) is 10.1 Å². The number of anilines is 1. The summed E-state index contributed by atoms with van der Waals surface area (Å²) in [5, 5.41) is 0. The lowest BCUT2D eigenvalue weighted by Crippen LogP contribution is -2.39. The molecule has 0 aromatic heterocycles. The molecule has 6 heteroatoms. The molecule has 1 aliphatic heterocycles. The zero-order valence-corrected chi connectivity index (χ0v) is 23.2. The van der Waals surface area contributed by atoms with Crippen LogP contribution in [-0.2, 0) is 6.54 Å². The average molecular weight is 518 g/mol. The van der Waals surface area contributed by atoms with Crippen molar-refractivity contribution in [2.45, 2.75) is 26.3 Å². The standard InChI is InChI=1S/C32H40FN3O2/c1-23(2)18-36(32(37)25-11-13-28(33)14-12-25)21-27-20-35(19-24-9-15-29(16-10-24)34(3)4)22-31(27)26-7-6-8-30(17-26)38-5/h6-17,23,27,31H,18-22H2,1-5H3/t27-,31+/m0/s1. The summed E-state index contributed by atoms with van der Waals surface area (Å²) in [5.41, 5.74) is 4.23. The Hall–Kier alpha value is -3.38. The van der Waals surface area contributed by atoms with Gasteiger partial charge in [0, 0.05) is 64.0 Å². The number of rotatable bonds is 10. The summed E-state index contributed by atoms with van der Waals surface area (Å²) in [6.07, 6.45) is 0. The summed E-state index contributed by atoms with van der Waals surface area (Å²) in [5.74, 6) is 1.32. The third-order valence-electron chi connectivity index (χ3n) is 7.32. The van der Waals surface area contributed by atoms with Crippen LogP contribution in [0.3, 0.4) is 0 Å². The number of benzene rings is 3. The predicted molar refractivity (Wildman–Crippen MR) is 152 cm³/mol. The Morgan fingerprint density at radius 2 is 1.74 bits per heavy atom. The monoisotopic (exact) mass is 517 g/mol. The molecule has 1 fully saturated rings. The molecule has 0 bridgehead atoms. The van der Waals surface area contributed by atoms with Gasteiger partial charge in [-0.25, -0.2) is 4.39 Å². The van der Waals surface area contributed by atoms with Crippen molar-refractivity contribution in [3.63, 3.8) is 0 Å². The summed E-state index contributed by atoms with van der Waals surface area (Å²) in [6.45, 7) is 8.22. The molecule has 38 heavy (non-hydrogen) atoms. The molecule has 0 spiro atoms. The van der Waals surface area contributed by atoms with Gasteiger partial charge in [0.25, 0.3) is 5.91 Å². The van der Waals surface area contributed by atoms with Gasteiger partial charge < -0.3 is 14.5 Å². The number of ether oxygens (including phenoxy) is 1. The van der Waals surface area contributed by atoms with Gasteiger partial charge in [0.15, 0.2) is 0 Å². The van der Waals surface area contributed by atoms with Crippen LogP contribution in [0.25, 0.3) is 0 Å². The predicted octanol–water partition coefficient (Wildman–Crippen LogP) is 5.91. The van der Waals surface area contributed by atoms with Crippen LogP contribution >= 0.6 is 0 Å². The summed E-state index contributed by atoms with van der Waals surface area (Å²) in [6, 6.07) is 22.9. The Morgan fingerprint density at radius 1 is 1.03 bits per heavy atom. The van der Waals surface area contributed by atoms with Crippen molar-refractivity contribution in [2.24, 2.45) is 11.8 Å². The van der Waals surface area contributed by atoms with Gasteiger partial charge in [-0.05, 0) is 71.5 Å². The first kappa shape index (κ1) is 27.6. The highest BCUT2D eigenvalue weighted by molar-refractivity contribution is 5.94. The average Bonchev–Trinajstić information content (AvgIpc) is 3.30. The molecule has 1 aliphatic rings. The first-order chi connectivity index (χ1) is 18.2. The molecule has 0 radical (unpaired) electrons. The summed E-state index contributed by atoms with van der Waals surface area (Å²) in [4.78, 5) is 20.1. The van der Waals surface area contributed by atoms with Gasteiger partial charge in [-0.2, -0.15) is 0 Å². The van der Waals surface area contributed by atoms with Crippen molar-refractivity contribution >= 4 is 11.6 Å². The molecule has 4 rings (SSSR count). The minimum absolute atomic E-state index is 0.0409. The first-order valence-electron chi connectivity index (χ1n) is 13.4. The molecule has 202 valence electrons. The molecule has 3 aromatic rings. The van der Waals surface area contributed by atoms with Crippen LogP contribution in [0.5, 0.6) is 5.75 Å². The van der Waals surface area contributed by atoms with E-state index in [9.17, 15) is 9.18 Å². The van der Waals surface area contributed by atoms with E-state index in [1.807, 2.05) is 17.0 Å². The number of methoxy groups -OCH3 is 1. The van der Waals surface area contributed by atoms with Crippen LogP contribution in [-0.4, -0.2) is 63.1 Å². The molecular formula is C32H40FN3O2. The summed E-state index contributed by atoms with van der Waals surface area (Å²) in [7, 11) is 5.80. The zero-order valence-electron chi connectivity index (χ0n) is 23.2. The Balaban J connectivity index is 1.58. The molecular weight excluding hydrogens is 477 g/mol. The van der Waals surface area contributed by atoms with Crippen molar-refractivity contribution in [3.8, 4) is 5.75 Å². The fourth-order valence-corrected chi connectivity index (χ4v) is 5.42. The molecule has 0 saturated carbocycles. The molecule has 1 heterocycles. The Kier molecular flexibility index (Phi) is 9.05. The summed E-state index contributed by atoms with van der Waals surface area (Å²) < 4.78 is 19.1. The lowest BCUT2D eigenvalue weighted by atomic mass is 9.88. The number of hydrogen-bond donors (Lipinski definition) is 0. The van der Waals surface area contributed by atoms with E-state index < -0.39 is 0 Å². The number of amides is 1. The van der Waals surface area contributed by atoms with E-state index in [0.717, 1.165) is 25.4 Å². The number of nitrogens with zero attached hydrogens (tertiary/aromatic N) is 3. The van der Waals surface area contributed by atoms with Gasteiger partial charge in [-0.3, -0.25) is 9.69 Å². The smallest absolute Gasteiger partial charge is 0.253 e.